The topological polar surface area (TPSA) is 96.7 Å². The summed E-state index contributed by atoms with van der Waals surface area (Å²) >= 11 is 6.12. The Kier molecular flexibility index (Phi) is 7.94. The van der Waals surface area contributed by atoms with E-state index in [4.69, 9.17) is 21.1 Å². The number of rotatable bonds is 7. The molecule has 0 radical (unpaired) electrons. The van der Waals surface area contributed by atoms with E-state index in [1.54, 1.807) is 0 Å². The lowest BCUT2D eigenvalue weighted by atomic mass is 10.1. The second-order valence-corrected chi connectivity index (χ2v) is 10.8. The van der Waals surface area contributed by atoms with Gasteiger partial charge < -0.3 is 13.7 Å². The van der Waals surface area contributed by atoms with E-state index in [1.807, 2.05) is 0 Å². The van der Waals surface area contributed by atoms with Crippen LogP contribution in [0.3, 0.4) is 0 Å². The summed E-state index contributed by atoms with van der Waals surface area (Å²) in [6.07, 6.45) is 1.31. The molecule has 0 atom stereocenters. The molecule has 16 heteroatoms. The Morgan fingerprint density at radius 2 is 1.48 bits per heavy atom. The zero-order valence-corrected chi connectivity index (χ0v) is 23.7. The highest BCUT2D eigenvalue weighted by atomic mass is 35.5. The summed E-state index contributed by atoms with van der Waals surface area (Å²) in [6.45, 7) is 0. The maximum absolute atomic E-state index is 15.5. The minimum atomic E-state index is -5.18. The second-order valence-electron chi connectivity index (χ2n) is 8.88. The van der Waals surface area contributed by atoms with E-state index in [0.717, 1.165) is 34.9 Å². The van der Waals surface area contributed by atoms with Crippen LogP contribution in [0.1, 0.15) is 0 Å². The Morgan fingerprint density at radius 3 is 2.09 bits per heavy atom. The first-order chi connectivity index (χ1) is 20.8. The number of nitrogens with zero attached hydrogens (tertiary/aromatic N) is 2. The van der Waals surface area contributed by atoms with Gasteiger partial charge in [-0.25, -0.2) is 22.5 Å². The molecule has 2 aromatic heterocycles. The quantitative estimate of drug-likeness (QED) is 0.0875. The largest absolute Gasteiger partial charge is 0.495 e. The minimum absolute atomic E-state index is 0.00860. The molecule has 0 amide bonds. The number of pyridine rings is 2. The summed E-state index contributed by atoms with van der Waals surface area (Å²) in [4.78, 5) is 16.2. The molecule has 5 rings (SSSR count). The smallest absolute Gasteiger partial charge is 0.339 e. The molecular weight excluding hydrogens is 642 g/mol. The zero-order chi connectivity index (χ0) is 32.1. The maximum atomic E-state index is 15.5. The first kappa shape index (κ1) is 30.7. The van der Waals surface area contributed by atoms with Gasteiger partial charge in [0.15, 0.2) is 0 Å². The Labute approximate surface area is 248 Å². The molecule has 0 unspecified atom stereocenters. The van der Waals surface area contributed by atoms with Crippen LogP contribution in [0.4, 0.5) is 26.3 Å². The molecular formula is C28H15ClF6N2O6S. The molecule has 0 N–H and O–H groups in total. The molecule has 0 bridgehead atoms. The zero-order valence-electron chi connectivity index (χ0n) is 22.1. The molecule has 8 nitrogen and oxygen atoms in total. The van der Waals surface area contributed by atoms with Gasteiger partial charge in [0, 0.05) is 34.8 Å². The summed E-state index contributed by atoms with van der Waals surface area (Å²) in [7, 11) is -2.57. The van der Waals surface area contributed by atoms with Crippen LogP contribution in [0.15, 0.2) is 64.4 Å². The highest BCUT2D eigenvalue weighted by molar-refractivity contribution is 7.87. The van der Waals surface area contributed by atoms with Gasteiger partial charge in [0.2, 0.25) is 40.7 Å². The Bertz CT molecular complexity index is 2130. The SMILES string of the molecule is COc1cc(-c2cnc(OC)c(Cl)c2)c(F)cc1-n1c(=O)ccc2cc(S(=O)(=O)Oc3c(F)c(F)c(F)c(F)c3F)ccc21. The first-order valence-electron chi connectivity index (χ1n) is 12.0. The van der Waals surface area contributed by atoms with Crippen molar-refractivity contribution in [2.75, 3.05) is 14.2 Å². The molecule has 0 spiro atoms. The lowest BCUT2D eigenvalue weighted by Crippen LogP contribution is -2.19. The van der Waals surface area contributed by atoms with Gasteiger partial charge in [0.05, 0.1) is 25.4 Å². The van der Waals surface area contributed by atoms with Crippen molar-refractivity contribution in [2.24, 2.45) is 0 Å². The Morgan fingerprint density at radius 1 is 0.818 bits per heavy atom. The summed E-state index contributed by atoms with van der Waals surface area (Å²) in [5, 5.41) is 0.122. The maximum Gasteiger partial charge on any atom is 0.339 e. The molecule has 0 fully saturated rings. The van der Waals surface area contributed by atoms with Gasteiger partial charge in [0.25, 0.3) is 5.56 Å². The second kappa shape index (κ2) is 11.4. The van der Waals surface area contributed by atoms with Crippen LogP contribution in [0, 0.1) is 34.9 Å². The molecule has 3 aromatic carbocycles. The van der Waals surface area contributed by atoms with Gasteiger partial charge in [-0.1, -0.05) is 11.6 Å². The van der Waals surface area contributed by atoms with E-state index >= 15 is 4.39 Å². The molecule has 0 aliphatic carbocycles. The van der Waals surface area contributed by atoms with Crippen molar-refractivity contribution in [3.05, 3.63) is 105 Å². The fraction of sp³-hybridized carbons (Fsp3) is 0.0714. The number of ether oxygens (including phenoxy) is 2. The highest BCUT2D eigenvalue weighted by Crippen LogP contribution is 2.36. The monoisotopic (exact) mass is 656 g/mol. The average Bonchev–Trinajstić information content (AvgIpc) is 3.00. The molecule has 44 heavy (non-hydrogen) atoms. The summed E-state index contributed by atoms with van der Waals surface area (Å²) in [6, 6.07) is 8.73. The predicted molar refractivity (Wildman–Crippen MR) is 145 cm³/mol. The van der Waals surface area contributed by atoms with E-state index in [-0.39, 0.29) is 44.4 Å². The third-order valence-electron chi connectivity index (χ3n) is 6.34. The normalized spacial score (nSPS) is 11.6. The number of hydrogen-bond donors (Lipinski definition) is 0. The predicted octanol–water partition coefficient (Wildman–Crippen LogP) is 6.33. The number of benzene rings is 3. The van der Waals surface area contributed by atoms with Crippen molar-refractivity contribution in [2.45, 2.75) is 4.90 Å². The summed E-state index contributed by atoms with van der Waals surface area (Å²) in [5.41, 5.74) is -0.496. The van der Waals surface area contributed by atoms with Gasteiger partial charge in [-0.3, -0.25) is 9.36 Å². The van der Waals surface area contributed by atoms with Crippen molar-refractivity contribution in [1.29, 1.82) is 0 Å². The van der Waals surface area contributed by atoms with Gasteiger partial charge in [-0.05, 0) is 36.4 Å². The first-order valence-corrected chi connectivity index (χ1v) is 13.8. The van der Waals surface area contributed by atoms with Crippen LogP contribution >= 0.6 is 11.6 Å². The van der Waals surface area contributed by atoms with Crippen LogP contribution in [0.5, 0.6) is 17.4 Å². The van der Waals surface area contributed by atoms with Gasteiger partial charge in [-0.15, -0.1) is 0 Å². The Balaban J connectivity index is 1.61. The highest BCUT2D eigenvalue weighted by Gasteiger charge is 2.31. The van der Waals surface area contributed by atoms with Crippen LogP contribution in [-0.2, 0) is 10.1 Å². The van der Waals surface area contributed by atoms with Gasteiger partial charge >= 0.3 is 10.1 Å². The lowest BCUT2D eigenvalue weighted by molar-refractivity contribution is 0.346. The number of aromatic nitrogens is 2. The number of fused-ring (bicyclic) bond motifs is 1. The van der Waals surface area contributed by atoms with E-state index in [2.05, 4.69) is 9.17 Å². The lowest BCUT2D eigenvalue weighted by Gasteiger charge is -2.17. The van der Waals surface area contributed by atoms with Gasteiger partial charge in [-0.2, -0.15) is 17.2 Å². The van der Waals surface area contributed by atoms with Crippen molar-refractivity contribution < 1.29 is 48.4 Å². The molecule has 0 aliphatic rings. The summed E-state index contributed by atoms with van der Waals surface area (Å²) < 4.78 is 125. The van der Waals surface area contributed by atoms with Crippen molar-refractivity contribution >= 4 is 32.6 Å². The number of halogens is 7. The van der Waals surface area contributed by atoms with Gasteiger partial charge in [0.1, 0.15) is 21.5 Å². The van der Waals surface area contributed by atoms with Crippen LogP contribution in [0.25, 0.3) is 27.7 Å². The molecule has 5 aromatic rings. The van der Waals surface area contributed by atoms with E-state index < -0.39 is 61.2 Å². The summed E-state index contributed by atoms with van der Waals surface area (Å²) in [5.74, 6) is -15.0. The van der Waals surface area contributed by atoms with Crippen LogP contribution in [0.2, 0.25) is 5.02 Å². The van der Waals surface area contributed by atoms with Crippen LogP contribution in [-0.4, -0.2) is 32.2 Å². The molecule has 0 saturated carbocycles. The van der Waals surface area contributed by atoms with Crippen molar-refractivity contribution in [3.63, 3.8) is 0 Å². The number of methoxy groups -OCH3 is 2. The fourth-order valence-electron chi connectivity index (χ4n) is 4.27. The average molecular weight is 657 g/mol. The molecule has 0 aliphatic heterocycles. The van der Waals surface area contributed by atoms with Crippen LogP contribution < -0.4 is 19.2 Å². The van der Waals surface area contributed by atoms with E-state index in [9.17, 15) is 35.2 Å². The third-order valence-corrected chi connectivity index (χ3v) is 7.83. The van der Waals surface area contributed by atoms with E-state index in [1.165, 1.54) is 38.6 Å². The molecule has 0 saturated heterocycles. The number of hydrogen-bond acceptors (Lipinski definition) is 7. The minimum Gasteiger partial charge on any atom is -0.495 e. The van der Waals surface area contributed by atoms with Crippen molar-refractivity contribution in [1.82, 2.24) is 9.55 Å². The fourth-order valence-corrected chi connectivity index (χ4v) is 5.48. The Hall–Kier alpha value is -4.76. The third kappa shape index (κ3) is 5.17. The molecule has 2 heterocycles. The van der Waals surface area contributed by atoms with E-state index in [0.29, 0.717) is 0 Å². The standard InChI is InChI=1S/C28H15ClF6N2O6S/c1-41-20-9-15(13-8-16(29)28(42-2)36-11-13)17(30)10-19(20)37-18-5-4-14(7-12(18)3-6-21(37)38)44(39,40)43-27-25(34)23(32)22(31)24(33)26(27)35/h3-11H,1-2H3. The molecule has 228 valence electrons. The van der Waals surface area contributed by atoms with Crippen molar-refractivity contribution in [3.8, 4) is 34.2 Å².